The molecular weight excluding hydrogens is 701 g/mol. The van der Waals surface area contributed by atoms with Crippen LogP contribution in [0.5, 0.6) is 17.2 Å². The van der Waals surface area contributed by atoms with Crippen molar-refractivity contribution in [2.24, 2.45) is 5.10 Å². The predicted octanol–water partition coefficient (Wildman–Crippen LogP) is 9.01. The van der Waals surface area contributed by atoms with E-state index >= 15 is 0 Å². The zero-order chi connectivity index (χ0) is 32.1. The molecule has 0 radical (unpaired) electrons. The molecule has 45 heavy (non-hydrogen) atoms. The Hall–Kier alpha value is -3.89. The lowest BCUT2D eigenvalue weighted by Crippen LogP contribution is -2.21. The molecular formula is C36H35ClIN3O4. The van der Waals surface area contributed by atoms with Crippen LogP contribution in [0.4, 0.5) is 0 Å². The summed E-state index contributed by atoms with van der Waals surface area (Å²) in [6, 6.07) is 22.8. The molecule has 0 saturated carbocycles. The van der Waals surface area contributed by atoms with Gasteiger partial charge in [0.15, 0.2) is 17.3 Å². The van der Waals surface area contributed by atoms with E-state index in [1.165, 1.54) is 4.68 Å². The lowest BCUT2D eigenvalue weighted by Gasteiger charge is -2.18. The van der Waals surface area contributed by atoms with Gasteiger partial charge in [0.05, 0.1) is 33.9 Å². The minimum atomic E-state index is -0.259. The van der Waals surface area contributed by atoms with Crippen molar-refractivity contribution < 1.29 is 14.2 Å². The molecule has 0 saturated heterocycles. The van der Waals surface area contributed by atoms with Gasteiger partial charge in [-0.15, -0.1) is 0 Å². The van der Waals surface area contributed by atoms with Crippen LogP contribution >= 0.6 is 34.2 Å². The molecule has 232 valence electrons. The smallest absolute Gasteiger partial charge is 0.282 e. The Bertz CT molecular complexity index is 1940. The zero-order valence-electron chi connectivity index (χ0n) is 25.9. The van der Waals surface area contributed by atoms with Gasteiger partial charge in [0.25, 0.3) is 5.56 Å². The first-order valence-electron chi connectivity index (χ1n) is 14.9. The second-order valence-electron chi connectivity index (χ2n) is 10.7. The number of halogens is 2. The summed E-state index contributed by atoms with van der Waals surface area (Å²) in [5, 5.41) is 5.85. The van der Waals surface area contributed by atoms with Crippen molar-refractivity contribution in [3.05, 3.63) is 114 Å². The van der Waals surface area contributed by atoms with Gasteiger partial charge < -0.3 is 14.2 Å². The van der Waals surface area contributed by atoms with Gasteiger partial charge in [-0.1, -0.05) is 55.8 Å². The Morgan fingerprint density at radius 3 is 2.40 bits per heavy atom. The Kier molecular flexibility index (Phi) is 10.5. The highest BCUT2D eigenvalue weighted by molar-refractivity contribution is 14.1. The van der Waals surface area contributed by atoms with E-state index in [9.17, 15) is 4.79 Å². The molecule has 0 bridgehead atoms. The second kappa shape index (κ2) is 14.5. The van der Waals surface area contributed by atoms with Crippen molar-refractivity contribution >= 4 is 51.3 Å². The third-order valence-corrected chi connectivity index (χ3v) is 8.43. The molecule has 0 aliphatic carbocycles. The molecule has 7 nitrogen and oxygen atoms in total. The van der Waals surface area contributed by atoms with Crippen LogP contribution in [0, 0.1) is 10.5 Å². The monoisotopic (exact) mass is 735 g/mol. The van der Waals surface area contributed by atoms with Crippen molar-refractivity contribution in [3.8, 4) is 28.6 Å². The summed E-state index contributed by atoms with van der Waals surface area (Å²) in [7, 11) is 0. The summed E-state index contributed by atoms with van der Waals surface area (Å²) < 4.78 is 20.3. The van der Waals surface area contributed by atoms with E-state index in [2.05, 4.69) is 42.5 Å². The van der Waals surface area contributed by atoms with Crippen LogP contribution < -0.4 is 19.8 Å². The minimum Gasteiger partial charge on any atom is -0.494 e. The fraction of sp³-hybridized carbons (Fsp3) is 0.250. The number of ether oxygens (including phenoxy) is 3. The fourth-order valence-electron chi connectivity index (χ4n) is 5.03. The molecule has 0 atom stereocenters. The summed E-state index contributed by atoms with van der Waals surface area (Å²) in [6.07, 6.45) is 1.65. The Labute approximate surface area is 282 Å². The van der Waals surface area contributed by atoms with E-state index in [0.717, 1.165) is 37.1 Å². The highest BCUT2D eigenvalue weighted by Crippen LogP contribution is 2.36. The number of hydrogen-bond acceptors (Lipinski definition) is 6. The predicted molar refractivity (Wildman–Crippen MR) is 191 cm³/mol. The number of benzene rings is 4. The van der Waals surface area contributed by atoms with Gasteiger partial charge in [-0.3, -0.25) is 4.79 Å². The Morgan fingerprint density at radius 1 is 0.956 bits per heavy atom. The van der Waals surface area contributed by atoms with Gasteiger partial charge in [-0.25, -0.2) is 4.98 Å². The molecule has 9 heteroatoms. The van der Waals surface area contributed by atoms with Gasteiger partial charge in [0.2, 0.25) is 0 Å². The summed E-state index contributed by atoms with van der Waals surface area (Å²) in [5.74, 6) is 2.68. The topological polar surface area (TPSA) is 74.9 Å². The number of nitrogens with zero attached hydrogens (tertiary/aromatic N) is 3. The number of rotatable bonds is 11. The average molecular weight is 736 g/mol. The molecule has 0 fully saturated rings. The van der Waals surface area contributed by atoms with Crippen molar-refractivity contribution in [1.29, 1.82) is 0 Å². The molecule has 0 aliphatic rings. The number of fused-ring (bicyclic) bond motifs is 1. The molecule has 5 rings (SSSR count). The van der Waals surface area contributed by atoms with Crippen molar-refractivity contribution in [2.45, 2.75) is 47.1 Å². The average Bonchev–Trinajstić information content (AvgIpc) is 3.01. The van der Waals surface area contributed by atoms with E-state index in [1.807, 2.05) is 81.4 Å². The minimum absolute atomic E-state index is 0.202. The lowest BCUT2D eigenvalue weighted by molar-refractivity contribution is 0.267. The molecule has 0 unspecified atom stereocenters. The largest absolute Gasteiger partial charge is 0.494 e. The molecule has 5 aromatic rings. The molecule has 1 aromatic heterocycles. The normalized spacial score (nSPS) is 11.5. The number of aryl methyl sites for hydroxylation is 1. The fourth-order valence-corrected chi connectivity index (χ4v) is 6.00. The maximum atomic E-state index is 13.9. The van der Waals surface area contributed by atoms with Crippen LogP contribution in [-0.4, -0.2) is 29.1 Å². The Balaban J connectivity index is 1.60. The van der Waals surface area contributed by atoms with Crippen molar-refractivity contribution in [1.82, 2.24) is 9.66 Å². The van der Waals surface area contributed by atoms with Crippen LogP contribution in [0.2, 0.25) is 5.02 Å². The van der Waals surface area contributed by atoms with E-state index in [0.29, 0.717) is 53.1 Å². The quantitative estimate of drug-likeness (QED) is 0.100. The maximum Gasteiger partial charge on any atom is 0.282 e. The maximum absolute atomic E-state index is 13.9. The summed E-state index contributed by atoms with van der Waals surface area (Å²) in [4.78, 5) is 18.9. The zero-order valence-corrected chi connectivity index (χ0v) is 28.8. The highest BCUT2D eigenvalue weighted by Gasteiger charge is 2.19. The van der Waals surface area contributed by atoms with E-state index in [-0.39, 0.29) is 11.5 Å². The van der Waals surface area contributed by atoms with Gasteiger partial charge in [-0.2, -0.15) is 9.78 Å². The van der Waals surface area contributed by atoms with Gasteiger partial charge in [0, 0.05) is 16.1 Å². The highest BCUT2D eigenvalue weighted by atomic mass is 127. The van der Waals surface area contributed by atoms with Crippen molar-refractivity contribution in [3.63, 3.8) is 0 Å². The number of para-hydroxylation sites is 1. The molecule has 0 amide bonds. The van der Waals surface area contributed by atoms with E-state index in [4.69, 9.17) is 35.9 Å². The lowest BCUT2D eigenvalue weighted by atomic mass is 9.96. The van der Waals surface area contributed by atoms with Crippen LogP contribution in [0.15, 0.2) is 82.7 Å². The van der Waals surface area contributed by atoms with Crippen molar-refractivity contribution in [2.75, 3.05) is 13.2 Å². The standard InChI is InChI=1S/C36H35ClIN3O4/c1-6-43-32-16-23(5)28(19-27(32)22(3)4)35-40-31-15-11-9-13-26(31)36(42)41(35)39-20-24-17-30(38)34(33(18-24)44-7-2)45-21-25-12-8-10-14-29(25)37/h8-20,22H,6-7,21H2,1-5H3. The summed E-state index contributed by atoms with van der Waals surface area (Å²) >= 11 is 8.57. The Morgan fingerprint density at radius 2 is 1.67 bits per heavy atom. The third kappa shape index (κ3) is 7.17. The molecule has 4 aromatic carbocycles. The SMILES string of the molecule is CCOc1cc(C)c(-c2nc3ccccc3c(=O)n2N=Cc2cc(I)c(OCc3ccccc3Cl)c(OCC)c2)cc1C(C)C. The van der Waals surface area contributed by atoms with Crippen LogP contribution in [0.3, 0.4) is 0 Å². The van der Waals surface area contributed by atoms with E-state index < -0.39 is 0 Å². The van der Waals surface area contributed by atoms with Crippen LogP contribution in [-0.2, 0) is 6.61 Å². The summed E-state index contributed by atoms with van der Waals surface area (Å²) in [6.45, 7) is 11.4. The molecule has 1 heterocycles. The second-order valence-corrected chi connectivity index (χ2v) is 12.3. The molecule has 0 N–H and O–H groups in total. The third-order valence-electron chi connectivity index (χ3n) is 7.26. The van der Waals surface area contributed by atoms with Gasteiger partial charge in [0.1, 0.15) is 12.4 Å². The van der Waals surface area contributed by atoms with E-state index in [1.54, 1.807) is 12.3 Å². The number of hydrogen-bond donors (Lipinski definition) is 0. The first kappa shape index (κ1) is 32.5. The van der Waals surface area contributed by atoms with Gasteiger partial charge in [-0.05, 0) is 108 Å². The first-order valence-corrected chi connectivity index (χ1v) is 16.3. The van der Waals surface area contributed by atoms with Gasteiger partial charge >= 0.3 is 0 Å². The number of aromatic nitrogens is 2. The van der Waals surface area contributed by atoms with Crippen LogP contribution in [0.1, 0.15) is 55.9 Å². The molecule has 0 aliphatic heterocycles. The first-order chi connectivity index (χ1) is 21.7. The van der Waals surface area contributed by atoms with Crippen LogP contribution in [0.25, 0.3) is 22.3 Å². The molecule has 0 spiro atoms. The summed E-state index contributed by atoms with van der Waals surface area (Å²) in [5.41, 5.74) is 4.76.